The Hall–Kier alpha value is -3.84. The smallest absolute Gasteiger partial charge is 0.418 e. The molecule has 0 aliphatic heterocycles. The first-order valence-electron chi connectivity index (χ1n) is 13.4. The first kappa shape index (κ1) is 25.4. The Bertz CT molecular complexity index is 1840. The molecular weight excluding hydrogens is 508 g/mol. The van der Waals surface area contributed by atoms with Crippen molar-refractivity contribution < 1.29 is 17.9 Å². The minimum atomic E-state index is -3.81. The summed E-state index contributed by atoms with van der Waals surface area (Å²) in [6, 6.07) is 22.8. The van der Waals surface area contributed by atoms with E-state index in [0.717, 1.165) is 57.2 Å². The largest absolute Gasteiger partial charge is 0.452 e. The van der Waals surface area contributed by atoms with Crippen molar-refractivity contribution in [2.45, 2.75) is 56.2 Å². The second kappa shape index (κ2) is 9.42. The minimum absolute atomic E-state index is 0.307. The van der Waals surface area contributed by atoms with Crippen molar-refractivity contribution in [3.63, 3.8) is 0 Å². The topological polar surface area (TPSA) is 70.3 Å². The van der Waals surface area contributed by atoms with Crippen LogP contribution in [0.4, 0.5) is 4.79 Å². The van der Waals surface area contributed by atoms with Crippen molar-refractivity contribution in [1.82, 2.24) is 9.13 Å². The lowest BCUT2D eigenvalue weighted by atomic mass is 9.83. The van der Waals surface area contributed by atoms with Crippen molar-refractivity contribution in [2.75, 3.05) is 7.11 Å². The Morgan fingerprint density at radius 1 is 0.872 bits per heavy atom. The molecule has 6 nitrogen and oxygen atoms in total. The minimum Gasteiger partial charge on any atom is -0.452 e. The van der Waals surface area contributed by atoms with E-state index in [1.807, 2.05) is 74.5 Å². The number of hydrogen-bond acceptors (Lipinski definition) is 4. The van der Waals surface area contributed by atoms with Gasteiger partial charge in [0, 0.05) is 34.3 Å². The molecule has 1 aliphatic rings. The quantitative estimate of drug-likeness (QED) is 0.230. The van der Waals surface area contributed by atoms with Crippen molar-refractivity contribution in [3.05, 3.63) is 89.5 Å². The number of carbonyl (C=O) groups is 1. The average Bonchev–Trinajstić information content (AvgIpc) is 3.45. The number of unbranched alkanes of at least 4 members (excludes halogenated alkanes) is 1. The zero-order valence-electron chi connectivity index (χ0n) is 22.6. The maximum atomic E-state index is 14.6. The van der Waals surface area contributed by atoms with Crippen LogP contribution in [0.2, 0.25) is 0 Å². The second-order valence-electron chi connectivity index (χ2n) is 10.4. The van der Waals surface area contributed by atoms with E-state index in [2.05, 4.69) is 11.5 Å². The number of aromatic nitrogens is 2. The lowest BCUT2D eigenvalue weighted by Gasteiger charge is -2.31. The van der Waals surface area contributed by atoms with Crippen LogP contribution in [0.15, 0.2) is 77.7 Å². The van der Waals surface area contributed by atoms with Gasteiger partial charge in [-0.25, -0.2) is 17.8 Å². The third-order valence-corrected chi connectivity index (χ3v) is 10.4. The van der Waals surface area contributed by atoms with Crippen LogP contribution in [0.1, 0.15) is 54.5 Å². The number of rotatable bonds is 5. The van der Waals surface area contributed by atoms with Crippen LogP contribution in [-0.4, -0.2) is 30.8 Å². The normalized spacial score (nSPS) is 16.8. The van der Waals surface area contributed by atoms with Crippen LogP contribution in [0.5, 0.6) is 0 Å². The van der Waals surface area contributed by atoms with E-state index in [9.17, 15) is 13.2 Å². The SMILES string of the molecule is CCCCn1c2c(c3ccccc31)C(S(=O)(=O)c1ccc(C)cc1)C(C)c1c-2n(C(=O)OC)c2ccccc12. The molecule has 200 valence electrons. The summed E-state index contributed by atoms with van der Waals surface area (Å²) >= 11 is 0. The summed E-state index contributed by atoms with van der Waals surface area (Å²) in [7, 11) is -2.42. The van der Waals surface area contributed by atoms with Gasteiger partial charge in [0.25, 0.3) is 0 Å². The molecule has 0 amide bonds. The van der Waals surface area contributed by atoms with E-state index < -0.39 is 27.1 Å². The molecule has 39 heavy (non-hydrogen) atoms. The van der Waals surface area contributed by atoms with Crippen molar-refractivity contribution in [1.29, 1.82) is 0 Å². The Kier molecular flexibility index (Phi) is 6.14. The number of ether oxygens (including phenoxy) is 1. The van der Waals surface area contributed by atoms with Gasteiger partial charge >= 0.3 is 6.09 Å². The predicted molar refractivity (Wildman–Crippen MR) is 155 cm³/mol. The van der Waals surface area contributed by atoms with Crippen LogP contribution >= 0.6 is 0 Å². The summed E-state index contributed by atoms with van der Waals surface area (Å²) in [6.45, 7) is 6.78. The highest BCUT2D eigenvalue weighted by molar-refractivity contribution is 7.91. The number of aryl methyl sites for hydroxylation is 2. The van der Waals surface area contributed by atoms with E-state index in [-0.39, 0.29) is 0 Å². The van der Waals surface area contributed by atoms with Crippen molar-refractivity contribution >= 4 is 37.7 Å². The highest BCUT2D eigenvalue weighted by atomic mass is 32.2. The van der Waals surface area contributed by atoms with Gasteiger partial charge in [0.15, 0.2) is 9.84 Å². The number of nitrogens with zero attached hydrogens (tertiary/aromatic N) is 2. The van der Waals surface area contributed by atoms with E-state index in [1.54, 1.807) is 16.7 Å². The molecule has 0 saturated carbocycles. The summed E-state index contributed by atoms with van der Waals surface area (Å²) in [5.74, 6) is -0.417. The van der Waals surface area contributed by atoms with Crippen molar-refractivity contribution in [2.24, 2.45) is 0 Å². The summed E-state index contributed by atoms with van der Waals surface area (Å²) in [4.78, 5) is 13.7. The van der Waals surface area contributed by atoms with Crippen LogP contribution in [0, 0.1) is 6.92 Å². The molecule has 0 fully saturated rings. The third-order valence-electron chi connectivity index (χ3n) is 8.12. The molecule has 2 heterocycles. The zero-order chi connectivity index (χ0) is 27.5. The first-order valence-corrected chi connectivity index (χ1v) is 15.0. The molecule has 0 N–H and O–H groups in total. The molecule has 1 aliphatic carbocycles. The van der Waals surface area contributed by atoms with Gasteiger partial charge in [-0.2, -0.15) is 0 Å². The lowest BCUT2D eigenvalue weighted by molar-refractivity contribution is 0.174. The molecule has 7 heteroatoms. The standard InChI is InChI=1S/C32H32N2O4S/c1-5-6-19-33-25-13-9-7-11-23(25)28-29(33)30-27(24-12-8-10-14-26(24)34(30)32(35)38-4)21(3)31(28)39(36,37)22-17-15-20(2)16-18-22/h7-18,21,31H,5-6,19H2,1-4H3. The van der Waals surface area contributed by atoms with Gasteiger partial charge in [0.2, 0.25) is 0 Å². The molecule has 0 spiro atoms. The van der Waals surface area contributed by atoms with Crippen molar-refractivity contribution in [3.8, 4) is 11.4 Å². The van der Waals surface area contributed by atoms with E-state index in [1.165, 1.54) is 7.11 Å². The maximum Gasteiger partial charge on any atom is 0.418 e. The van der Waals surface area contributed by atoms with Gasteiger partial charge in [-0.1, -0.05) is 74.4 Å². The lowest BCUT2D eigenvalue weighted by Crippen LogP contribution is -2.26. The number of methoxy groups -OCH3 is 1. The molecule has 0 radical (unpaired) electrons. The molecule has 2 unspecified atom stereocenters. The van der Waals surface area contributed by atoms with Gasteiger partial charge in [-0.15, -0.1) is 0 Å². The molecule has 6 rings (SSSR count). The summed E-state index contributed by atoms with van der Waals surface area (Å²) in [6.07, 6.45) is 1.41. The Labute approximate surface area is 228 Å². The van der Waals surface area contributed by atoms with Gasteiger partial charge in [-0.3, -0.25) is 0 Å². The van der Waals surface area contributed by atoms with Crippen LogP contribution in [0.25, 0.3) is 33.2 Å². The van der Waals surface area contributed by atoms with Crippen LogP contribution in [0.3, 0.4) is 0 Å². The second-order valence-corrected chi connectivity index (χ2v) is 12.5. The Balaban J connectivity index is 1.79. The van der Waals surface area contributed by atoms with E-state index >= 15 is 0 Å². The molecule has 3 aromatic carbocycles. The van der Waals surface area contributed by atoms with Crippen LogP contribution < -0.4 is 0 Å². The predicted octanol–water partition coefficient (Wildman–Crippen LogP) is 7.62. The van der Waals surface area contributed by atoms with E-state index in [0.29, 0.717) is 17.0 Å². The molecular formula is C32H32N2O4S. The molecule has 0 saturated heterocycles. The number of benzene rings is 3. The van der Waals surface area contributed by atoms with Gasteiger partial charge < -0.3 is 9.30 Å². The number of carbonyl (C=O) groups excluding carboxylic acids is 1. The third kappa shape index (κ3) is 3.67. The average molecular weight is 541 g/mol. The maximum absolute atomic E-state index is 14.6. The Morgan fingerprint density at radius 2 is 1.49 bits per heavy atom. The van der Waals surface area contributed by atoms with Gasteiger partial charge in [0.05, 0.1) is 28.9 Å². The molecule has 0 bridgehead atoms. The number of para-hydroxylation sites is 2. The summed E-state index contributed by atoms with van der Waals surface area (Å²) in [5, 5.41) is 0.948. The van der Waals surface area contributed by atoms with Gasteiger partial charge in [-0.05, 0) is 43.2 Å². The fourth-order valence-corrected chi connectivity index (χ4v) is 8.39. The highest BCUT2D eigenvalue weighted by Gasteiger charge is 2.46. The number of hydrogen-bond donors (Lipinski definition) is 0. The molecule has 2 atom stereocenters. The molecule has 5 aromatic rings. The summed E-state index contributed by atoms with van der Waals surface area (Å²) < 4.78 is 38.3. The van der Waals surface area contributed by atoms with Crippen LogP contribution in [-0.2, 0) is 21.1 Å². The summed E-state index contributed by atoms with van der Waals surface area (Å²) in [5.41, 5.74) is 5.84. The zero-order valence-corrected chi connectivity index (χ0v) is 23.5. The van der Waals surface area contributed by atoms with Gasteiger partial charge in [0.1, 0.15) is 5.25 Å². The first-order chi connectivity index (χ1) is 18.8. The monoisotopic (exact) mass is 540 g/mol. The number of sulfone groups is 1. The fourth-order valence-electron chi connectivity index (χ4n) is 6.36. The van der Waals surface area contributed by atoms with E-state index in [4.69, 9.17) is 4.74 Å². The number of fused-ring (bicyclic) bond motifs is 7. The fraction of sp³-hybridized carbons (Fsp3) is 0.281. The highest BCUT2D eigenvalue weighted by Crippen LogP contribution is 2.56. The Morgan fingerprint density at radius 3 is 2.13 bits per heavy atom. The molecule has 2 aromatic heterocycles.